The second kappa shape index (κ2) is 4.97. The van der Waals surface area contributed by atoms with Crippen molar-refractivity contribution in [2.45, 2.75) is 6.92 Å². The topological polar surface area (TPSA) is 64.9 Å². The summed E-state index contributed by atoms with van der Waals surface area (Å²) in [6.45, 7) is 1.87. The van der Waals surface area contributed by atoms with Crippen LogP contribution < -0.4 is 5.73 Å². The van der Waals surface area contributed by atoms with Crippen molar-refractivity contribution >= 4 is 5.69 Å². The monoisotopic (exact) mass is 287 g/mol. The summed E-state index contributed by atoms with van der Waals surface area (Å²) in [6.07, 6.45) is 0. The molecule has 1 heterocycles. The number of para-hydroxylation sites is 1. The average Bonchev–Trinajstić information content (AvgIpc) is 2.94. The summed E-state index contributed by atoms with van der Waals surface area (Å²) in [6, 6.07) is 8.86. The molecule has 0 amide bonds. The Labute approximate surface area is 119 Å². The number of hydrogen-bond acceptors (Lipinski definition) is 4. The fourth-order valence-electron chi connectivity index (χ4n) is 1.95. The Kier molecular flexibility index (Phi) is 3.13. The minimum Gasteiger partial charge on any atom is -0.398 e. The number of hydrogen-bond donors (Lipinski definition) is 1. The van der Waals surface area contributed by atoms with Gasteiger partial charge >= 0.3 is 0 Å². The molecule has 0 aliphatic heterocycles. The number of benzene rings is 2. The van der Waals surface area contributed by atoms with Crippen LogP contribution in [0.15, 0.2) is 40.9 Å². The fraction of sp³-hybridized carbons (Fsp3) is 0.0667. The molecule has 4 nitrogen and oxygen atoms in total. The molecule has 2 aromatic carbocycles. The Morgan fingerprint density at radius 3 is 2.67 bits per heavy atom. The van der Waals surface area contributed by atoms with Crippen LogP contribution in [0.1, 0.15) is 5.56 Å². The van der Waals surface area contributed by atoms with Gasteiger partial charge in [0.1, 0.15) is 0 Å². The fourth-order valence-corrected chi connectivity index (χ4v) is 1.95. The zero-order valence-corrected chi connectivity index (χ0v) is 11.1. The lowest BCUT2D eigenvalue weighted by Gasteiger charge is -2.03. The molecule has 0 fully saturated rings. The summed E-state index contributed by atoms with van der Waals surface area (Å²) in [5.74, 6) is -1.49. The minimum atomic E-state index is -0.964. The first-order valence-corrected chi connectivity index (χ1v) is 6.21. The number of nitrogens with zero attached hydrogens (tertiary/aromatic N) is 2. The lowest BCUT2D eigenvalue weighted by Crippen LogP contribution is -1.93. The number of aromatic nitrogens is 2. The first-order chi connectivity index (χ1) is 10.1. The Hall–Kier alpha value is -2.76. The molecule has 0 spiro atoms. The maximum absolute atomic E-state index is 13.2. The lowest BCUT2D eigenvalue weighted by atomic mass is 10.1. The third-order valence-corrected chi connectivity index (χ3v) is 3.16. The van der Waals surface area contributed by atoms with E-state index in [9.17, 15) is 8.78 Å². The van der Waals surface area contributed by atoms with E-state index in [1.54, 1.807) is 6.07 Å². The van der Waals surface area contributed by atoms with Crippen LogP contribution in [-0.2, 0) is 0 Å². The van der Waals surface area contributed by atoms with Crippen LogP contribution >= 0.6 is 0 Å². The van der Waals surface area contributed by atoms with E-state index < -0.39 is 11.6 Å². The number of aryl methyl sites for hydroxylation is 1. The average molecular weight is 287 g/mol. The SMILES string of the molecule is Cc1cccc(-c2nc(-c3ccc(F)c(F)c3)no2)c1N. The molecule has 3 aromatic rings. The van der Waals surface area contributed by atoms with E-state index in [2.05, 4.69) is 10.1 Å². The minimum absolute atomic E-state index is 0.171. The van der Waals surface area contributed by atoms with Crippen LogP contribution in [0.3, 0.4) is 0 Å². The smallest absolute Gasteiger partial charge is 0.260 e. The van der Waals surface area contributed by atoms with Gasteiger partial charge in [0, 0.05) is 11.3 Å². The van der Waals surface area contributed by atoms with Crippen LogP contribution in [0.2, 0.25) is 0 Å². The van der Waals surface area contributed by atoms with Crippen molar-refractivity contribution in [2.75, 3.05) is 5.73 Å². The summed E-state index contributed by atoms with van der Waals surface area (Å²) in [5.41, 5.74) is 8.33. The predicted octanol–water partition coefficient (Wildman–Crippen LogP) is 3.57. The van der Waals surface area contributed by atoms with Gasteiger partial charge in [0.2, 0.25) is 5.82 Å². The van der Waals surface area contributed by atoms with Gasteiger partial charge < -0.3 is 10.3 Å². The molecular formula is C15H11F2N3O. The van der Waals surface area contributed by atoms with Crippen molar-refractivity contribution in [1.82, 2.24) is 10.1 Å². The second-order valence-electron chi connectivity index (χ2n) is 4.59. The maximum atomic E-state index is 13.2. The Balaban J connectivity index is 2.03. The van der Waals surface area contributed by atoms with Crippen molar-refractivity contribution in [1.29, 1.82) is 0 Å². The molecule has 3 rings (SSSR count). The molecule has 0 bridgehead atoms. The van der Waals surface area contributed by atoms with E-state index in [0.29, 0.717) is 16.8 Å². The number of rotatable bonds is 2. The van der Waals surface area contributed by atoms with Crippen molar-refractivity contribution in [3.8, 4) is 22.8 Å². The lowest BCUT2D eigenvalue weighted by molar-refractivity contribution is 0.432. The van der Waals surface area contributed by atoms with Crippen molar-refractivity contribution in [3.63, 3.8) is 0 Å². The molecule has 6 heteroatoms. The summed E-state index contributed by atoms with van der Waals surface area (Å²) in [7, 11) is 0. The van der Waals surface area contributed by atoms with Crippen molar-refractivity contribution in [3.05, 3.63) is 53.6 Å². The van der Waals surface area contributed by atoms with Gasteiger partial charge in [-0.3, -0.25) is 0 Å². The van der Waals surface area contributed by atoms with Gasteiger partial charge in [-0.05, 0) is 36.8 Å². The predicted molar refractivity (Wildman–Crippen MR) is 74.2 cm³/mol. The number of anilines is 1. The highest BCUT2D eigenvalue weighted by Gasteiger charge is 2.15. The highest BCUT2D eigenvalue weighted by molar-refractivity contribution is 5.74. The molecule has 1 aromatic heterocycles. The molecule has 0 aliphatic rings. The van der Waals surface area contributed by atoms with Gasteiger partial charge in [-0.2, -0.15) is 4.98 Å². The summed E-state index contributed by atoms with van der Waals surface area (Å²) >= 11 is 0. The van der Waals surface area contributed by atoms with Gasteiger partial charge in [-0.1, -0.05) is 17.3 Å². The Morgan fingerprint density at radius 1 is 1.10 bits per heavy atom. The van der Waals surface area contributed by atoms with Crippen LogP contribution in [0.4, 0.5) is 14.5 Å². The zero-order valence-electron chi connectivity index (χ0n) is 11.1. The standard InChI is InChI=1S/C15H11F2N3O/c1-8-3-2-4-10(13(8)18)15-19-14(20-21-15)9-5-6-11(16)12(17)7-9/h2-7H,18H2,1H3. The van der Waals surface area contributed by atoms with Gasteiger partial charge in [-0.25, -0.2) is 8.78 Å². The Bertz CT molecular complexity index is 814. The second-order valence-corrected chi connectivity index (χ2v) is 4.59. The van der Waals surface area contributed by atoms with Crippen molar-refractivity contribution < 1.29 is 13.3 Å². The van der Waals surface area contributed by atoms with E-state index in [0.717, 1.165) is 17.7 Å². The van der Waals surface area contributed by atoms with E-state index in [1.807, 2.05) is 19.1 Å². The zero-order chi connectivity index (χ0) is 15.0. The van der Waals surface area contributed by atoms with Crippen LogP contribution in [0.5, 0.6) is 0 Å². The molecule has 0 unspecified atom stereocenters. The molecule has 0 radical (unpaired) electrons. The van der Waals surface area contributed by atoms with Crippen molar-refractivity contribution in [2.24, 2.45) is 0 Å². The third kappa shape index (κ3) is 2.35. The number of nitrogens with two attached hydrogens (primary N) is 1. The number of halogens is 2. The number of nitrogen functional groups attached to an aromatic ring is 1. The third-order valence-electron chi connectivity index (χ3n) is 3.16. The quantitative estimate of drug-likeness (QED) is 0.732. The molecular weight excluding hydrogens is 276 g/mol. The Morgan fingerprint density at radius 2 is 1.90 bits per heavy atom. The van der Waals surface area contributed by atoms with Gasteiger partial charge in [0.15, 0.2) is 11.6 Å². The van der Waals surface area contributed by atoms with Gasteiger partial charge in [-0.15, -0.1) is 0 Å². The van der Waals surface area contributed by atoms with E-state index in [1.165, 1.54) is 6.07 Å². The molecule has 106 valence electrons. The first-order valence-electron chi connectivity index (χ1n) is 6.21. The largest absolute Gasteiger partial charge is 0.398 e. The van der Waals surface area contributed by atoms with E-state index in [-0.39, 0.29) is 11.7 Å². The van der Waals surface area contributed by atoms with Crippen LogP contribution in [0, 0.1) is 18.6 Å². The summed E-state index contributed by atoms with van der Waals surface area (Å²) in [4.78, 5) is 4.18. The van der Waals surface area contributed by atoms with Gasteiger partial charge in [0.25, 0.3) is 5.89 Å². The molecule has 0 aliphatic carbocycles. The van der Waals surface area contributed by atoms with E-state index in [4.69, 9.17) is 10.3 Å². The highest BCUT2D eigenvalue weighted by atomic mass is 19.2. The van der Waals surface area contributed by atoms with Gasteiger partial charge in [0.05, 0.1) is 5.56 Å². The molecule has 0 atom stereocenters. The molecule has 21 heavy (non-hydrogen) atoms. The summed E-state index contributed by atoms with van der Waals surface area (Å²) in [5, 5.41) is 3.77. The normalized spacial score (nSPS) is 10.8. The van der Waals surface area contributed by atoms with Crippen LogP contribution in [0.25, 0.3) is 22.8 Å². The molecule has 0 saturated heterocycles. The molecule has 0 saturated carbocycles. The van der Waals surface area contributed by atoms with Crippen LogP contribution in [-0.4, -0.2) is 10.1 Å². The summed E-state index contributed by atoms with van der Waals surface area (Å²) < 4.78 is 31.3. The maximum Gasteiger partial charge on any atom is 0.260 e. The van der Waals surface area contributed by atoms with E-state index >= 15 is 0 Å². The molecule has 2 N–H and O–H groups in total. The highest BCUT2D eigenvalue weighted by Crippen LogP contribution is 2.29. The first kappa shape index (κ1) is 13.2.